The third-order valence-corrected chi connectivity index (χ3v) is 1.04. The lowest BCUT2D eigenvalue weighted by Crippen LogP contribution is -1.81. The van der Waals surface area contributed by atoms with Crippen LogP contribution in [0, 0.1) is 0 Å². The van der Waals surface area contributed by atoms with Crippen LogP contribution in [-0.2, 0) is 0 Å². The van der Waals surface area contributed by atoms with Gasteiger partial charge in [-0.25, -0.2) is 4.98 Å². The van der Waals surface area contributed by atoms with E-state index in [1.165, 1.54) is 6.20 Å². The van der Waals surface area contributed by atoms with E-state index < -0.39 is 0 Å². The molecule has 0 saturated carbocycles. The first kappa shape index (κ1) is 6.23. The Morgan fingerprint density at radius 1 is 1.44 bits per heavy atom. The van der Waals surface area contributed by atoms with Gasteiger partial charge in [0, 0.05) is 0 Å². The molecule has 0 radical (unpaired) electrons. The Morgan fingerprint density at radius 2 is 2.22 bits per heavy atom. The molecule has 0 unspecified atom stereocenters. The quantitative estimate of drug-likeness (QED) is 0.594. The predicted molar refractivity (Wildman–Crippen MR) is 37.1 cm³/mol. The van der Waals surface area contributed by atoms with Crippen molar-refractivity contribution in [2.75, 3.05) is 0 Å². The van der Waals surface area contributed by atoms with Gasteiger partial charge in [-0.15, -0.1) is 0 Å². The van der Waals surface area contributed by atoms with Crippen LogP contribution in [0.15, 0.2) is 19.0 Å². The molecular formula is C6H5ClN2. The summed E-state index contributed by atoms with van der Waals surface area (Å²) in [5.41, 5.74) is 0.736. The normalized spacial score (nSPS) is 9.00. The Hall–Kier alpha value is -0.890. The minimum atomic E-state index is 0.403. The number of halogens is 1. The third-order valence-electron chi connectivity index (χ3n) is 0.849. The minimum Gasteiger partial charge on any atom is -0.252 e. The average molecular weight is 141 g/mol. The first-order valence-electron chi connectivity index (χ1n) is 2.43. The molecule has 0 fully saturated rings. The molecule has 9 heavy (non-hydrogen) atoms. The SMILES string of the molecule is C=Cc1cnc(Cl)cn1. The van der Waals surface area contributed by atoms with Gasteiger partial charge in [0.2, 0.25) is 0 Å². The van der Waals surface area contributed by atoms with Gasteiger partial charge in [0.25, 0.3) is 0 Å². The van der Waals surface area contributed by atoms with Crippen LogP contribution < -0.4 is 0 Å². The van der Waals surface area contributed by atoms with Crippen LogP contribution >= 0.6 is 11.6 Å². The number of hydrogen-bond donors (Lipinski definition) is 0. The highest BCUT2D eigenvalue weighted by molar-refractivity contribution is 6.29. The van der Waals surface area contributed by atoms with E-state index in [1.54, 1.807) is 12.3 Å². The summed E-state index contributed by atoms with van der Waals surface area (Å²) < 4.78 is 0. The molecule has 0 aliphatic carbocycles. The molecule has 1 aromatic rings. The number of rotatable bonds is 1. The lowest BCUT2D eigenvalue weighted by Gasteiger charge is -1.88. The fraction of sp³-hybridized carbons (Fsp3) is 0. The Kier molecular flexibility index (Phi) is 1.80. The van der Waals surface area contributed by atoms with Gasteiger partial charge in [-0.05, 0) is 6.08 Å². The lowest BCUT2D eigenvalue weighted by atomic mass is 10.4. The zero-order valence-corrected chi connectivity index (χ0v) is 5.47. The molecule has 1 aromatic heterocycles. The fourth-order valence-electron chi connectivity index (χ4n) is 0.428. The van der Waals surface area contributed by atoms with E-state index in [-0.39, 0.29) is 0 Å². The topological polar surface area (TPSA) is 25.8 Å². The molecule has 0 amide bonds. The molecule has 0 atom stereocenters. The summed E-state index contributed by atoms with van der Waals surface area (Å²) in [5.74, 6) is 0. The van der Waals surface area contributed by atoms with Crippen molar-refractivity contribution in [3.8, 4) is 0 Å². The standard InChI is InChI=1S/C6H5ClN2/c1-2-5-3-9-6(7)4-8-5/h2-4H,1H2. The van der Waals surface area contributed by atoms with Gasteiger partial charge in [0.1, 0.15) is 5.15 Å². The first-order chi connectivity index (χ1) is 4.33. The van der Waals surface area contributed by atoms with Crippen LogP contribution in [0.25, 0.3) is 6.08 Å². The summed E-state index contributed by atoms with van der Waals surface area (Å²) in [6.45, 7) is 3.52. The maximum Gasteiger partial charge on any atom is 0.147 e. The van der Waals surface area contributed by atoms with E-state index in [4.69, 9.17) is 11.6 Å². The van der Waals surface area contributed by atoms with E-state index in [9.17, 15) is 0 Å². The summed E-state index contributed by atoms with van der Waals surface area (Å²) in [6.07, 6.45) is 4.66. The van der Waals surface area contributed by atoms with Crippen molar-refractivity contribution in [1.29, 1.82) is 0 Å². The van der Waals surface area contributed by atoms with Crippen molar-refractivity contribution < 1.29 is 0 Å². The molecule has 0 saturated heterocycles. The van der Waals surface area contributed by atoms with Gasteiger partial charge in [0.15, 0.2) is 0 Å². The highest BCUT2D eigenvalue weighted by atomic mass is 35.5. The number of aromatic nitrogens is 2. The van der Waals surface area contributed by atoms with Gasteiger partial charge in [-0.1, -0.05) is 18.2 Å². The Morgan fingerprint density at radius 3 is 2.67 bits per heavy atom. The van der Waals surface area contributed by atoms with Gasteiger partial charge in [0.05, 0.1) is 18.1 Å². The van der Waals surface area contributed by atoms with Gasteiger partial charge in [-0.3, -0.25) is 4.98 Å². The molecule has 2 nitrogen and oxygen atoms in total. The maximum atomic E-state index is 5.46. The molecule has 0 aromatic carbocycles. The maximum absolute atomic E-state index is 5.46. The largest absolute Gasteiger partial charge is 0.252 e. The van der Waals surface area contributed by atoms with Crippen LogP contribution in [0.1, 0.15) is 5.69 Å². The van der Waals surface area contributed by atoms with E-state index in [0.29, 0.717) is 5.15 Å². The van der Waals surface area contributed by atoms with E-state index in [0.717, 1.165) is 5.69 Å². The molecule has 0 aliphatic rings. The summed E-state index contributed by atoms with van der Waals surface area (Å²) >= 11 is 5.46. The lowest BCUT2D eigenvalue weighted by molar-refractivity contribution is 1.18. The monoisotopic (exact) mass is 140 g/mol. The second-order valence-corrected chi connectivity index (χ2v) is 1.86. The summed E-state index contributed by atoms with van der Waals surface area (Å²) in [4.78, 5) is 7.67. The van der Waals surface area contributed by atoms with Crippen molar-refractivity contribution in [2.45, 2.75) is 0 Å². The fourth-order valence-corrected chi connectivity index (χ4v) is 0.525. The van der Waals surface area contributed by atoms with Crippen LogP contribution in [0.2, 0.25) is 5.15 Å². The molecule has 3 heteroatoms. The smallest absolute Gasteiger partial charge is 0.147 e. The zero-order chi connectivity index (χ0) is 6.69. The van der Waals surface area contributed by atoms with Crippen LogP contribution in [0.5, 0.6) is 0 Å². The molecular weight excluding hydrogens is 136 g/mol. The highest BCUT2D eigenvalue weighted by Crippen LogP contribution is 2.00. The molecule has 0 N–H and O–H groups in total. The molecule has 0 aliphatic heterocycles. The second-order valence-electron chi connectivity index (χ2n) is 1.47. The van der Waals surface area contributed by atoms with Crippen LogP contribution in [0.4, 0.5) is 0 Å². The molecule has 0 bridgehead atoms. The third kappa shape index (κ3) is 1.50. The molecule has 0 spiro atoms. The Balaban J connectivity index is 3.01. The summed E-state index contributed by atoms with van der Waals surface area (Å²) in [7, 11) is 0. The van der Waals surface area contributed by atoms with Crippen LogP contribution in [0.3, 0.4) is 0 Å². The van der Waals surface area contributed by atoms with Crippen LogP contribution in [-0.4, -0.2) is 9.97 Å². The summed E-state index contributed by atoms with van der Waals surface area (Å²) in [6, 6.07) is 0. The van der Waals surface area contributed by atoms with E-state index in [2.05, 4.69) is 16.5 Å². The second kappa shape index (κ2) is 2.60. The highest BCUT2D eigenvalue weighted by Gasteiger charge is 1.86. The van der Waals surface area contributed by atoms with Gasteiger partial charge >= 0.3 is 0 Å². The Bertz CT molecular complexity index is 205. The first-order valence-corrected chi connectivity index (χ1v) is 2.80. The van der Waals surface area contributed by atoms with E-state index in [1.807, 2.05) is 0 Å². The molecule has 1 rings (SSSR count). The zero-order valence-electron chi connectivity index (χ0n) is 4.71. The Labute approximate surface area is 58.2 Å². The average Bonchev–Trinajstić information content (AvgIpc) is 1.90. The number of nitrogens with zero attached hydrogens (tertiary/aromatic N) is 2. The van der Waals surface area contributed by atoms with Crippen molar-refractivity contribution in [3.05, 3.63) is 29.8 Å². The van der Waals surface area contributed by atoms with E-state index >= 15 is 0 Å². The predicted octanol–water partition coefficient (Wildman–Crippen LogP) is 1.77. The molecule has 46 valence electrons. The van der Waals surface area contributed by atoms with Crippen molar-refractivity contribution >= 4 is 17.7 Å². The minimum absolute atomic E-state index is 0.403. The van der Waals surface area contributed by atoms with Gasteiger partial charge in [-0.2, -0.15) is 0 Å². The summed E-state index contributed by atoms with van der Waals surface area (Å²) in [5, 5.41) is 0.403. The van der Waals surface area contributed by atoms with Crippen molar-refractivity contribution in [2.24, 2.45) is 0 Å². The number of hydrogen-bond acceptors (Lipinski definition) is 2. The van der Waals surface area contributed by atoms with Crippen molar-refractivity contribution in [1.82, 2.24) is 9.97 Å². The van der Waals surface area contributed by atoms with Gasteiger partial charge < -0.3 is 0 Å². The van der Waals surface area contributed by atoms with Crippen molar-refractivity contribution in [3.63, 3.8) is 0 Å². The molecule has 1 heterocycles.